The zero-order chi connectivity index (χ0) is 21.4. The molecule has 1 amide bonds. The molecule has 0 saturated carbocycles. The summed E-state index contributed by atoms with van der Waals surface area (Å²) in [7, 11) is -3.09. The predicted molar refractivity (Wildman–Crippen MR) is 116 cm³/mol. The van der Waals surface area contributed by atoms with Crippen LogP contribution in [0.5, 0.6) is 5.75 Å². The van der Waals surface area contributed by atoms with E-state index < -0.39 is 9.84 Å². The first-order chi connectivity index (χ1) is 13.7. The van der Waals surface area contributed by atoms with Crippen LogP contribution in [-0.2, 0) is 21.2 Å². The lowest BCUT2D eigenvalue weighted by Gasteiger charge is -2.08. The highest BCUT2D eigenvalue weighted by Gasteiger charge is 2.11. The quantitative estimate of drug-likeness (QED) is 0.570. The third-order valence-electron chi connectivity index (χ3n) is 4.06. The van der Waals surface area contributed by atoms with Crippen LogP contribution in [0.4, 0.5) is 5.69 Å². The number of halogens is 1. The molecule has 0 aliphatic heterocycles. The first-order valence-electron chi connectivity index (χ1n) is 9.32. The molecular weight excluding hydrogens is 414 g/mol. The van der Waals surface area contributed by atoms with Crippen molar-refractivity contribution in [1.29, 1.82) is 0 Å². The number of hydrogen-bond donors (Lipinski definition) is 1. The summed E-state index contributed by atoms with van der Waals surface area (Å²) in [5, 5.41) is 7.67. The van der Waals surface area contributed by atoms with Gasteiger partial charge in [-0.05, 0) is 31.6 Å². The zero-order valence-electron chi connectivity index (χ0n) is 16.8. The van der Waals surface area contributed by atoms with Crippen molar-refractivity contribution in [1.82, 2.24) is 9.78 Å². The lowest BCUT2D eigenvalue weighted by Crippen LogP contribution is -2.12. The topological polar surface area (TPSA) is 90.3 Å². The molecule has 1 aromatic heterocycles. The minimum atomic E-state index is -3.09. The lowest BCUT2D eigenvalue weighted by molar-refractivity contribution is -0.111. The molecular formula is C20H26ClN3O4S. The van der Waals surface area contributed by atoms with Gasteiger partial charge in [0.1, 0.15) is 17.5 Å². The summed E-state index contributed by atoms with van der Waals surface area (Å²) in [4.78, 5) is 12.3. The number of benzene rings is 1. The van der Waals surface area contributed by atoms with Crippen molar-refractivity contribution in [3.63, 3.8) is 0 Å². The van der Waals surface area contributed by atoms with E-state index in [4.69, 9.17) is 16.3 Å². The molecule has 0 aliphatic carbocycles. The fraction of sp³-hybridized carbons (Fsp3) is 0.400. The average molecular weight is 440 g/mol. The Kier molecular flexibility index (Phi) is 8.28. The second kappa shape index (κ2) is 10.5. The molecule has 0 fully saturated rings. The van der Waals surface area contributed by atoms with Crippen LogP contribution in [0.2, 0.25) is 5.15 Å². The largest absolute Gasteiger partial charge is 0.492 e. The number of ether oxygens (including phenoxy) is 1. The van der Waals surface area contributed by atoms with E-state index in [1.807, 2.05) is 6.92 Å². The summed E-state index contributed by atoms with van der Waals surface area (Å²) < 4.78 is 29.5. The summed E-state index contributed by atoms with van der Waals surface area (Å²) in [5.74, 6) is 0.0832. The van der Waals surface area contributed by atoms with Gasteiger partial charge in [-0.25, -0.2) is 8.42 Å². The van der Waals surface area contributed by atoms with E-state index in [2.05, 4.69) is 17.3 Å². The van der Waals surface area contributed by atoms with Gasteiger partial charge >= 0.3 is 0 Å². The van der Waals surface area contributed by atoms with Crippen LogP contribution in [-0.4, -0.2) is 42.7 Å². The van der Waals surface area contributed by atoms with Gasteiger partial charge in [0.05, 0.1) is 11.4 Å². The van der Waals surface area contributed by atoms with E-state index in [0.717, 1.165) is 36.9 Å². The highest BCUT2D eigenvalue weighted by molar-refractivity contribution is 7.90. The van der Waals surface area contributed by atoms with Crippen LogP contribution in [0.1, 0.15) is 31.0 Å². The molecule has 1 N–H and O–H groups in total. The Labute approximate surface area is 176 Å². The molecule has 0 radical (unpaired) electrons. The third kappa shape index (κ3) is 7.55. The Morgan fingerprint density at radius 1 is 1.38 bits per heavy atom. The second-order valence-electron chi connectivity index (χ2n) is 6.70. The average Bonchev–Trinajstić information content (AvgIpc) is 2.90. The van der Waals surface area contributed by atoms with E-state index >= 15 is 0 Å². The fourth-order valence-electron chi connectivity index (χ4n) is 2.53. The van der Waals surface area contributed by atoms with Gasteiger partial charge in [0.25, 0.3) is 0 Å². The number of nitrogens with one attached hydrogen (secondary N) is 1. The second-order valence-corrected chi connectivity index (χ2v) is 9.31. The molecule has 0 unspecified atom stereocenters. The van der Waals surface area contributed by atoms with Crippen LogP contribution in [0.3, 0.4) is 0 Å². The molecule has 1 heterocycles. The van der Waals surface area contributed by atoms with E-state index in [9.17, 15) is 13.2 Å². The number of hydrogen-bond acceptors (Lipinski definition) is 5. The normalized spacial score (nSPS) is 11.7. The molecule has 7 nitrogen and oxygen atoms in total. The maximum absolute atomic E-state index is 12.3. The predicted octanol–water partition coefficient (Wildman–Crippen LogP) is 3.72. The van der Waals surface area contributed by atoms with Gasteiger partial charge in [0.15, 0.2) is 9.84 Å². The molecule has 9 heteroatoms. The van der Waals surface area contributed by atoms with Crippen molar-refractivity contribution in [2.75, 3.05) is 23.9 Å². The SMILES string of the molecule is CCCCn1nc(C)c(/C=C/C(=O)Nc2cccc(OCCS(C)(=O)=O)c2)c1Cl. The first kappa shape index (κ1) is 23.0. The van der Waals surface area contributed by atoms with Crippen molar-refractivity contribution >= 4 is 39.1 Å². The molecule has 0 atom stereocenters. The number of anilines is 1. The summed E-state index contributed by atoms with van der Waals surface area (Å²) in [6, 6.07) is 6.76. The van der Waals surface area contributed by atoms with E-state index in [0.29, 0.717) is 16.6 Å². The summed E-state index contributed by atoms with van der Waals surface area (Å²) in [6.07, 6.45) is 6.22. The van der Waals surface area contributed by atoms with Crippen LogP contribution in [0.25, 0.3) is 6.08 Å². The number of carbonyl (C=O) groups excluding carboxylic acids is 1. The Balaban J connectivity index is 1.99. The van der Waals surface area contributed by atoms with Crippen molar-refractivity contribution in [2.45, 2.75) is 33.2 Å². The van der Waals surface area contributed by atoms with Gasteiger partial charge in [0.2, 0.25) is 5.91 Å². The van der Waals surface area contributed by atoms with Crippen molar-refractivity contribution in [2.24, 2.45) is 0 Å². The maximum atomic E-state index is 12.3. The van der Waals surface area contributed by atoms with Gasteiger partial charge in [-0.3, -0.25) is 9.48 Å². The lowest BCUT2D eigenvalue weighted by atomic mass is 10.2. The monoisotopic (exact) mass is 439 g/mol. The standard InChI is InChI=1S/C20H26ClN3O4S/c1-4-5-11-24-20(21)18(15(2)23-24)9-10-19(25)22-16-7-6-8-17(14-16)28-12-13-29(3,26)27/h6-10,14H,4-5,11-13H2,1-3H3,(H,22,25)/b10-9+. The van der Waals surface area contributed by atoms with Crippen LogP contribution in [0, 0.1) is 6.92 Å². The molecule has 0 bridgehead atoms. The Bertz CT molecular complexity index is 984. The number of sulfone groups is 1. The Morgan fingerprint density at radius 3 is 2.83 bits per heavy atom. The molecule has 2 rings (SSSR count). The molecule has 0 saturated heterocycles. The number of aromatic nitrogens is 2. The third-order valence-corrected chi connectivity index (χ3v) is 5.37. The van der Waals surface area contributed by atoms with Crippen molar-refractivity contribution < 1.29 is 17.9 Å². The molecule has 1 aromatic carbocycles. The smallest absolute Gasteiger partial charge is 0.248 e. The minimum Gasteiger partial charge on any atom is -0.492 e. The fourth-order valence-corrected chi connectivity index (χ4v) is 3.24. The van der Waals surface area contributed by atoms with Gasteiger partial charge in [0, 0.05) is 36.2 Å². The van der Waals surface area contributed by atoms with Gasteiger partial charge in [-0.15, -0.1) is 0 Å². The number of unbranched alkanes of at least 4 members (excludes halogenated alkanes) is 1. The molecule has 29 heavy (non-hydrogen) atoms. The van der Waals surface area contributed by atoms with Crippen LogP contribution in [0.15, 0.2) is 30.3 Å². The molecule has 0 spiro atoms. The van der Waals surface area contributed by atoms with Gasteiger partial charge in [-0.2, -0.15) is 5.10 Å². The molecule has 2 aromatic rings. The van der Waals surface area contributed by atoms with Crippen molar-refractivity contribution in [3.8, 4) is 5.75 Å². The summed E-state index contributed by atoms with van der Waals surface area (Å²) in [5.41, 5.74) is 2.02. The van der Waals surface area contributed by atoms with Gasteiger partial charge < -0.3 is 10.1 Å². The number of amides is 1. The highest BCUT2D eigenvalue weighted by Crippen LogP contribution is 2.22. The summed E-state index contributed by atoms with van der Waals surface area (Å²) >= 11 is 6.37. The number of rotatable bonds is 10. The number of aryl methyl sites for hydroxylation is 2. The van der Waals surface area contributed by atoms with E-state index in [1.165, 1.54) is 6.08 Å². The van der Waals surface area contributed by atoms with E-state index in [1.54, 1.807) is 35.0 Å². The first-order valence-corrected chi connectivity index (χ1v) is 11.8. The minimum absolute atomic E-state index is 0.0515. The maximum Gasteiger partial charge on any atom is 0.248 e. The number of carbonyl (C=O) groups is 1. The van der Waals surface area contributed by atoms with E-state index in [-0.39, 0.29) is 18.3 Å². The zero-order valence-corrected chi connectivity index (χ0v) is 18.4. The Morgan fingerprint density at radius 2 is 2.14 bits per heavy atom. The Hall–Kier alpha value is -2.32. The summed E-state index contributed by atoms with van der Waals surface area (Å²) in [6.45, 7) is 4.74. The number of nitrogens with zero attached hydrogens (tertiary/aromatic N) is 2. The van der Waals surface area contributed by atoms with Crippen LogP contribution < -0.4 is 10.1 Å². The van der Waals surface area contributed by atoms with Gasteiger partial charge in [-0.1, -0.05) is 31.0 Å². The molecule has 158 valence electrons. The highest BCUT2D eigenvalue weighted by atomic mass is 35.5. The molecule has 0 aliphatic rings. The van der Waals surface area contributed by atoms with Crippen LogP contribution >= 0.6 is 11.6 Å². The van der Waals surface area contributed by atoms with Crippen molar-refractivity contribution in [3.05, 3.63) is 46.8 Å².